The van der Waals surface area contributed by atoms with Gasteiger partial charge < -0.3 is 0 Å². The summed E-state index contributed by atoms with van der Waals surface area (Å²) >= 11 is 6.84. The van der Waals surface area contributed by atoms with Crippen LogP contribution in [0.4, 0.5) is 0 Å². The van der Waals surface area contributed by atoms with Crippen molar-refractivity contribution in [1.29, 1.82) is 0 Å². The lowest BCUT2D eigenvalue weighted by atomic mass is 9.85. The lowest BCUT2D eigenvalue weighted by Crippen LogP contribution is -2.23. The van der Waals surface area contributed by atoms with Crippen molar-refractivity contribution >= 4 is 59.1 Å². The molecule has 0 amide bonds. The molecule has 0 saturated carbocycles. The molecule has 2 atom stereocenters. The Bertz CT molecular complexity index is 858. The zero-order valence-electron chi connectivity index (χ0n) is 14.8. The second-order valence-electron chi connectivity index (χ2n) is 6.28. The van der Waals surface area contributed by atoms with Crippen molar-refractivity contribution in [2.45, 2.75) is 23.3 Å². The van der Waals surface area contributed by atoms with Crippen LogP contribution in [0.1, 0.15) is 34.1 Å². The molecule has 0 fully saturated rings. The van der Waals surface area contributed by atoms with Gasteiger partial charge in [0.25, 0.3) is 0 Å². The van der Waals surface area contributed by atoms with Crippen LogP contribution in [0.25, 0.3) is 0 Å². The normalized spacial score (nSPS) is 13.6. The van der Waals surface area contributed by atoms with E-state index in [4.69, 9.17) is 0 Å². The molecule has 2 aromatic rings. The predicted octanol–water partition coefficient (Wildman–Crippen LogP) is 3.14. The van der Waals surface area contributed by atoms with Crippen LogP contribution in [-0.4, -0.2) is 33.3 Å². The molecule has 152 valence electrons. The van der Waals surface area contributed by atoms with Gasteiger partial charge in [-0.1, -0.05) is 80.4 Å². The Labute approximate surface area is 184 Å². The quantitative estimate of drug-likeness (QED) is 0.350. The van der Waals surface area contributed by atoms with E-state index in [1.54, 1.807) is 48.5 Å². The van der Waals surface area contributed by atoms with Crippen molar-refractivity contribution in [2.75, 3.05) is 10.7 Å². The maximum atomic E-state index is 13.2. The summed E-state index contributed by atoms with van der Waals surface area (Å²) in [6.07, 6.45) is 0. The zero-order chi connectivity index (χ0) is 20.7. The van der Waals surface area contributed by atoms with Gasteiger partial charge in [-0.05, 0) is 22.3 Å². The van der Waals surface area contributed by atoms with Crippen LogP contribution >= 0.6 is 31.9 Å². The third-order valence-corrected chi connectivity index (χ3v) is 6.92. The Hall–Kier alpha value is -1.03. The number of alkyl halides is 2. The summed E-state index contributed by atoms with van der Waals surface area (Å²) < 4.78 is 43.4. The van der Waals surface area contributed by atoms with Gasteiger partial charge in [-0.3, -0.25) is 4.79 Å². The number of carbonyl (C=O) groups is 1. The van der Waals surface area contributed by atoms with Gasteiger partial charge in [0.15, 0.2) is 0 Å². The van der Waals surface area contributed by atoms with Gasteiger partial charge in [0.2, 0.25) is 0 Å². The summed E-state index contributed by atoms with van der Waals surface area (Å²) in [6, 6.07) is 14.1. The highest BCUT2D eigenvalue weighted by Crippen LogP contribution is 2.30. The van der Waals surface area contributed by atoms with Gasteiger partial charge in [-0.2, -0.15) is 0 Å². The number of thiol groups is 2. The van der Waals surface area contributed by atoms with Crippen molar-refractivity contribution in [3.63, 3.8) is 0 Å². The minimum Gasteiger partial charge on any atom is -0.298 e. The number of hydrogen-bond acceptors (Lipinski definition) is 5. The first-order valence-electron chi connectivity index (χ1n) is 8.42. The van der Waals surface area contributed by atoms with Gasteiger partial charge in [0.05, 0.1) is 23.3 Å². The monoisotopic (exact) mass is 550 g/mol. The summed E-state index contributed by atoms with van der Waals surface area (Å²) in [5, 5.41) is 0.887. The molecule has 2 rings (SSSR count). The molecule has 9 heteroatoms. The molecule has 0 bridgehead atoms. The number of hydrogen-bond donors (Lipinski definition) is 2. The maximum Gasteiger partial charge on any atom is 0.149 e. The van der Waals surface area contributed by atoms with E-state index in [-0.39, 0.29) is 29.1 Å². The van der Waals surface area contributed by atoms with E-state index in [9.17, 15) is 21.6 Å². The van der Waals surface area contributed by atoms with Crippen LogP contribution in [0.3, 0.4) is 0 Å². The highest BCUT2D eigenvalue weighted by molar-refractivity contribution is 9.09. The zero-order valence-corrected chi connectivity index (χ0v) is 19.8. The number of carbonyl (C=O) groups excluding carboxylic acids is 1. The second-order valence-corrected chi connectivity index (χ2v) is 9.54. The van der Waals surface area contributed by atoms with Crippen molar-refractivity contribution < 1.29 is 21.6 Å². The molecule has 0 aromatic heterocycles. The number of benzene rings is 2. The van der Waals surface area contributed by atoms with Crippen LogP contribution in [0, 0.1) is 0 Å². The first-order valence-corrected chi connectivity index (χ1v) is 13.4. The molecule has 0 saturated heterocycles. The summed E-state index contributed by atoms with van der Waals surface area (Å²) in [7, 11) is -4.98. The first-order chi connectivity index (χ1) is 13.3. The molecular formula is C19H20Br2O5S2. The summed E-state index contributed by atoms with van der Waals surface area (Å²) in [5.74, 6) is -0.775. The Balaban J connectivity index is 2.23. The van der Waals surface area contributed by atoms with Crippen molar-refractivity contribution in [3.8, 4) is 0 Å². The van der Waals surface area contributed by atoms with Crippen molar-refractivity contribution in [1.82, 2.24) is 0 Å². The Kier molecular flexibility index (Phi) is 9.33. The van der Waals surface area contributed by atoms with Crippen LogP contribution in [0.2, 0.25) is 0 Å². The fraction of sp³-hybridized carbons (Fsp3) is 0.316. The minimum absolute atomic E-state index is 0.0200. The van der Waals surface area contributed by atoms with Crippen molar-refractivity contribution in [2.24, 2.45) is 0 Å². The topological polar surface area (TPSA) is 85.3 Å². The van der Waals surface area contributed by atoms with E-state index < -0.39 is 21.4 Å². The molecule has 2 aromatic carbocycles. The molecule has 28 heavy (non-hydrogen) atoms. The van der Waals surface area contributed by atoms with Crippen LogP contribution in [-0.2, 0) is 37.7 Å². The van der Waals surface area contributed by atoms with Gasteiger partial charge in [-0.25, -0.2) is 16.8 Å². The average molecular weight is 552 g/mol. The number of halogens is 2. The van der Waals surface area contributed by atoms with Crippen LogP contribution < -0.4 is 0 Å². The molecule has 5 nitrogen and oxygen atoms in total. The average Bonchev–Trinajstić information content (AvgIpc) is 2.65. The third kappa shape index (κ3) is 6.50. The van der Waals surface area contributed by atoms with E-state index in [0.29, 0.717) is 21.8 Å². The number of rotatable bonds is 10. The molecule has 0 N–H and O–H groups in total. The molecule has 2 unspecified atom stereocenters. The molecule has 0 aliphatic heterocycles. The highest BCUT2D eigenvalue weighted by Gasteiger charge is 2.28. The van der Waals surface area contributed by atoms with Gasteiger partial charge in [-0.15, -0.1) is 0 Å². The van der Waals surface area contributed by atoms with E-state index >= 15 is 0 Å². The summed E-state index contributed by atoms with van der Waals surface area (Å²) in [4.78, 5) is 13.2. The highest BCUT2D eigenvalue weighted by atomic mass is 79.9. The van der Waals surface area contributed by atoms with E-state index in [1.807, 2.05) is 0 Å². The smallest absolute Gasteiger partial charge is 0.149 e. The standard InChI is InChI=1S/C19H20Br2O5S2/c20-9-17(15-5-1-13(2-6-15)11-27(23)24)19(22)18(10-21)16-7-3-14(4-8-16)12-28(25)26/h1-8,17-18,27-28H,9-12H2. The summed E-state index contributed by atoms with van der Waals surface area (Å²) in [5.41, 5.74) is 3.00. The first kappa shape index (κ1) is 23.3. The predicted molar refractivity (Wildman–Crippen MR) is 119 cm³/mol. The maximum absolute atomic E-state index is 13.2. The molecule has 0 aliphatic carbocycles. The molecule has 0 radical (unpaired) electrons. The molecule has 0 heterocycles. The van der Waals surface area contributed by atoms with Gasteiger partial charge >= 0.3 is 0 Å². The minimum atomic E-state index is -2.49. The Morgan fingerprint density at radius 3 is 1.25 bits per heavy atom. The molecular weight excluding hydrogens is 532 g/mol. The van der Waals surface area contributed by atoms with E-state index in [2.05, 4.69) is 31.9 Å². The van der Waals surface area contributed by atoms with Crippen LogP contribution in [0.15, 0.2) is 48.5 Å². The Morgan fingerprint density at radius 2 is 1.00 bits per heavy atom. The van der Waals surface area contributed by atoms with Gasteiger partial charge in [0, 0.05) is 10.7 Å². The second kappa shape index (κ2) is 11.2. The van der Waals surface area contributed by atoms with Crippen molar-refractivity contribution in [3.05, 3.63) is 70.8 Å². The van der Waals surface area contributed by atoms with Gasteiger partial charge in [0.1, 0.15) is 27.2 Å². The Morgan fingerprint density at radius 1 is 0.679 bits per heavy atom. The SMILES string of the molecule is O=C(C(CBr)c1ccc(C[SH](=O)=O)cc1)C(CBr)c1ccc(C[SH](=O)=O)cc1. The number of Topliss-reactive ketones (excluding diaryl/α,β-unsaturated/α-hetero) is 1. The summed E-state index contributed by atoms with van der Waals surface area (Å²) in [6.45, 7) is 0. The van der Waals surface area contributed by atoms with E-state index in [0.717, 1.165) is 11.1 Å². The largest absolute Gasteiger partial charge is 0.298 e. The third-order valence-electron chi connectivity index (χ3n) is 4.38. The fourth-order valence-corrected chi connectivity index (χ4v) is 5.31. The fourth-order valence-electron chi connectivity index (χ4n) is 2.91. The molecule has 0 spiro atoms. The lowest BCUT2D eigenvalue weighted by Gasteiger charge is -2.21. The lowest BCUT2D eigenvalue weighted by molar-refractivity contribution is -0.121. The van der Waals surface area contributed by atoms with E-state index in [1.165, 1.54) is 0 Å². The number of ketones is 1. The molecule has 0 aliphatic rings. The van der Waals surface area contributed by atoms with Crippen LogP contribution in [0.5, 0.6) is 0 Å².